The first kappa shape index (κ1) is 73.6. The Morgan fingerprint density at radius 3 is 0.907 bits per heavy atom. The summed E-state index contributed by atoms with van der Waals surface area (Å²) < 4.78 is 5.48. The molecule has 0 aromatic carbocycles. The molecule has 2 atom stereocenters. The third kappa shape index (κ3) is 61.7. The van der Waals surface area contributed by atoms with Gasteiger partial charge in [0.15, 0.2) is 0 Å². The van der Waals surface area contributed by atoms with Crippen molar-refractivity contribution in [1.29, 1.82) is 0 Å². The van der Waals surface area contributed by atoms with Gasteiger partial charge in [-0.3, -0.25) is 9.59 Å². The molecule has 1 amide bonds. The van der Waals surface area contributed by atoms with Crippen molar-refractivity contribution in [1.82, 2.24) is 5.32 Å². The predicted molar refractivity (Wildman–Crippen MR) is 329 cm³/mol. The number of carbonyl (C=O) groups is 2. The topological polar surface area (TPSA) is 95.9 Å². The van der Waals surface area contributed by atoms with Gasteiger partial charge in [-0.1, -0.05) is 360 Å². The number of hydrogen-bond donors (Lipinski definition) is 3. The second-order valence-corrected chi connectivity index (χ2v) is 23.9. The van der Waals surface area contributed by atoms with Crippen LogP contribution in [0.25, 0.3) is 0 Å². The van der Waals surface area contributed by atoms with Gasteiger partial charge in [0.2, 0.25) is 5.91 Å². The number of amides is 1. The summed E-state index contributed by atoms with van der Waals surface area (Å²) in [5, 5.41) is 23.2. The maximum Gasteiger partial charge on any atom is 0.305 e. The standard InChI is InChI=1S/C69H135NO5/c1-3-5-7-9-11-13-15-16-35-38-42-45-49-53-57-61-67(72)66(65-71)70-68(73)62-58-54-50-46-43-39-36-33-31-29-27-25-23-21-19-17-18-20-22-24-26-28-30-32-34-37-40-44-48-52-56-60-64-75-69(74)63-59-55-51-47-41-14-12-10-8-6-4-2/h57,61,66-67,71-72H,3-56,58-60,62-65H2,1-2H3,(H,70,73)/b61-57+. The molecule has 6 heteroatoms. The molecule has 0 spiro atoms. The smallest absolute Gasteiger partial charge is 0.305 e. The molecule has 2 unspecified atom stereocenters. The van der Waals surface area contributed by atoms with Gasteiger partial charge in [0, 0.05) is 12.8 Å². The highest BCUT2D eigenvalue weighted by molar-refractivity contribution is 5.76. The summed E-state index contributed by atoms with van der Waals surface area (Å²) >= 11 is 0. The molecule has 446 valence electrons. The monoisotopic (exact) mass is 1060 g/mol. The zero-order valence-corrected chi connectivity index (χ0v) is 51.1. The minimum atomic E-state index is -0.840. The molecular weight excluding hydrogens is 923 g/mol. The van der Waals surface area contributed by atoms with Crippen molar-refractivity contribution >= 4 is 11.9 Å². The lowest BCUT2D eigenvalue weighted by molar-refractivity contribution is -0.143. The number of allylic oxidation sites excluding steroid dienone is 1. The zero-order chi connectivity index (χ0) is 54.3. The highest BCUT2D eigenvalue weighted by Crippen LogP contribution is 2.19. The third-order valence-corrected chi connectivity index (χ3v) is 16.3. The lowest BCUT2D eigenvalue weighted by Crippen LogP contribution is -2.45. The molecule has 0 aromatic rings. The number of aliphatic hydroxyl groups excluding tert-OH is 2. The van der Waals surface area contributed by atoms with E-state index in [1.807, 2.05) is 6.08 Å². The molecule has 0 bridgehead atoms. The minimum Gasteiger partial charge on any atom is -0.466 e. The van der Waals surface area contributed by atoms with E-state index in [2.05, 4.69) is 19.2 Å². The average Bonchev–Trinajstić information content (AvgIpc) is 3.41. The van der Waals surface area contributed by atoms with Crippen LogP contribution in [0.2, 0.25) is 0 Å². The number of carbonyl (C=O) groups excluding carboxylic acids is 2. The summed E-state index contributed by atoms with van der Waals surface area (Å²) in [4.78, 5) is 24.5. The van der Waals surface area contributed by atoms with Gasteiger partial charge < -0.3 is 20.3 Å². The van der Waals surface area contributed by atoms with Crippen molar-refractivity contribution in [2.45, 2.75) is 405 Å². The van der Waals surface area contributed by atoms with E-state index in [0.29, 0.717) is 19.4 Å². The van der Waals surface area contributed by atoms with Crippen molar-refractivity contribution in [3.63, 3.8) is 0 Å². The Balaban J connectivity index is 3.33. The minimum absolute atomic E-state index is 0.0213. The number of rotatable bonds is 65. The van der Waals surface area contributed by atoms with E-state index in [-0.39, 0.29) is 18.5 Å². The van der Waals surface area contributed by atoms with E-state index >= 15 is 0 Å². The van der Waals surface area contributed by atoms with Gasteiger partial charge in [-0.25, -0.2) is 0 Å². The van der Waals surface area contributed by atoms with Crippen LogP contribution in [-0.2, 0) is 14.3 Å². The Morgan fingerprint density at radius 2 is 0.613 bits per heavy atom. The fourth-order valence-corrected chi connectivity index (χ4v) is 11.1. The summed E-state index contributed by atoms with van der Waals surface area (Å²) in [7, 11) is 0. The first-order chi connectivity index (χ1) is 37.0. The van der Waals surface area contributed by atoms with Crippen LogP contribution in [0.1, 0.15) is 393 Å². The lowest BCUT2D eigenvalue weighted by Gasteiger charge is -2.20. The molecular formula is C69H135NO5. The van der Waals surface area contributed by atoms with Crippen LogP contribution in [0.5, 0.6) is 0 Å². The molecule has 75 heavy (non-hydrogen) atoms. The number of esters is 1. The maximum atomic E-state index is 12.5. The van der Waals surface area contributed by atoms with Crippen molar-refractivity contribution < 1.29 is 24.5 Å². The SMILES string of the molecule is CCCCCCCCCCCCCCC/C=C/C(O)C(CO)NC(=O)CCCCCCCCCCCCCCCCCCCCCCCCCCCCCCCCCCOC(=O)CCCCCCCCCCCCC. The molecule has 0 heterocycles. The highest BCUT2D eigenvalue weighted by atomic mass is 16.5. The Bertz CT molecular complexity index is 1130. The van der Waals surface area contributed by atoms with Gasteiger partial charge in [-0.05, 0) is 32.1 Å². The first-order valence-corrected chi connectivity index (χ1v) is 34.5. The van der Waals surface area contributed by atoms with Gasteiger partial charge in [0.1, 0.15) is 0 Å². The van der Waals surface area contributed by atoms with Crippen LogP contribution < -0.4 is 5.32 Å². The second kappa shape index (κ2) is 65.1. The van der Waals surface area contributed by atoms with Crippen LogP contribution in [0.3, 0.4) is 0 Å². The molecule has 0 saturated carbocycles. The molecule has 0 aromatic heterocycles. The molecule has 0 saturated heterocycles. The highest BCUT2D eigenvalue weighted by Gasteiger charge is 2.18. The fourth-order valence-electron chi connectivity index (χ4n) is 11.1. The quantitative estimate of drug-likeness (QED) is 0.0320. The largest absolute Gasteiger partial charge is 0.466 e. The number of nitrogens with one attached hydrogen (secondary N) is 1. The Kier molecular flexibility index (Phi) is 63.9. The van der Waals surface area contributed by atoms with E-state index in [4.69, 9.17) is 4.74 Å². The van der Waals surface area contributed by atoms with Crippen molar-refractivity contribution in [3.05, 3.63) is 12.2 Å². The summed E-state index contributed by atoms with van der Waals surface area (Å²) in [6.07, 6.45) is 80.1. The molecule has 6 nitrogen and oxygen atoms in total. The number of ether oxygens (including phenoxy) is 1. The van der Waals surface area contributed by atoms with Crippen LogP contribution in [0.15, 0.2) is 12.2 Å². The molecule has 3 N–H and O–H groups in total. The molecule has 0 aliphatic heterocycles. The maximum absolute atomic E-state index is 12.5. The third-order valence-electron chi connectivity index (χ3n) is 16.3. The van der Waals surface area contributed by atoms with Crippen LogP contribution in [0.4, 0.5) is 0 Å². The summed E-state index contributed by atoms with van der Waals surface area (Å²) in [5.74, 6) is -0.0393. The summed E-state index contributed by atoms with van der Waals surface area (Å²) in [6.45, 7) is 4.94. The lowest BCUT2D eigenvalue weighted by atomic mass is 10.0. The Hall–Kier alpha value is -1.40. The van der Waals surface area contributed by atoms with Crippen LogP contribution >= 0.6 is 0 Å². The van der Waals surface area contributed by atoms with Gasteiger partial charge >= 0.3 is 5.97 Å². The molecule has 0 aliphatic carbocycles. The van der Waals surface area contributed by atoms with E-state index in [9.17, 15) is 19.8 Å². The first-order valence-electron chi connectivity index (χ1n) is 34.5. The molecule has 0 aliphatic rings. The molecule has 0 rings (SSSR count). The Morgan fingerprint density at radius 1 is 0.360 bits per heavy atom. The fraction of sp³-hybridized carbons (Fsp3) is 0.942. The summed E-state index contributed by atoms with van der Waals surface area (Å²) in [5.41, 5.74) is 0. The van der Waals surface area contributed by atoms with Crippen molar-refractivity contribution in [2.24, 2.45) is 0 Å². The van der Waals surface area contributed by atoms with Gasteiger partial charge in [0.05, 0.1) is 25.4 Å². The van der Waals surface area contributed by atoms with Crippen molar-refractivity contribution in [3.8, 4) is 0 Å². The van der Waals surface area contributed by atoms with Crippen molar-refractivity contribution in [2.75, 3.05) is 13.2 Å². The molecule has 0 fully saturated rings. The molecule has 0 radical (unpaired) electrons. The number of aliphatic hydroxyl groups is 2. The van der Waals surface area contributed by atoms with E-state index < -0.39 is 12.1 Å². The number of hydrogen-bond acceptors (Lipinski definition) is 5. The Labute approximate surface area is 469 Å². The van der Waals surface area contributed by atoms with E-state index in [1.54, 1.807) is 6.08 Å². The number of unbranched alkanes of at least 4 members (excludes halogenated alkanes) is 54. The van der Waals surface area contributed by atoms with Gasteiger partial charge in [0.25, 0.3) is 0 Å². The van der Waals surface area contributed by atoms with Gasteiger partial charge in [-0.15, -0.1) is 0 Å². The van der Waals surface area contributed by atoms with E-state index in [0.717, 1.165) is 38.5 Å². The normalized spacial score (nSPS) is 12.5. The van der Waals surface area contributed by atoms with E-state index in [1.165, 1.54) is 327 Å². The average molecular weight is 1060 g/mol. The van der Waals surface area contributed by atoms with Crippen LogP contribution in [-0.4, -0.2) is 47.4 Å². The van der Waals surface area contributed by atoms with Crippen LogP contribution in [0, 0.1) is 0 Å². The summed E-state index contributed by atoms with van der Waals surface area (Å²) in [6, 6.07) is -0.623. The predicted octanol–water partition coefficient (Wildman–Crippen LogP) is 22.0. The second-order valence-electron chi connectivity index (χ2n) is 23.9. The van der Waals surface area contributed by atoms with Gasteiger partial charge in [-0.2, -0.15) is 0 Å². The zero-order valence-electron chi connectivity index (χ0n) is 51.1.